The van der Waals surface area contributed by atoms with Gasteiger partial charge in [0.25, 0.3) is 0 Å². The second-order valence-corrected chi connectivity index (χ2v) is 11.8. The fourth-order valence-corrected chi connectivity index (χ4v) is 6.08. The molecule has 0 saturated heterocycles. The van der Waals surface area contributed by atoms with E-state index >= 15 is 0 Å². The van der Waals surface area contributed by atoms with Crippen LogP contribution in [0.15, 0.2) is 71.5 Å². The van der Waals surface area contributed by atoms with Gasteiger partial charge in [0.1, 0.15) is 9.79 Å². The van der Waals surface area contributed by atoms with Gasteiger partial charge in [-0.3, -0.25) is 8.57 Å². The lowest BCUT2D eigenvalue weighted by molar-refractivity contribution is 0.200. The number of rotatable bonds is 8. The number of benzene rings is 2. The van der Waals surface area contributed by atoms with E-state index in [1.165, 1.54) is 60.7 Å². The van der Waals surface area contributed by atoms with Gasteiger partial charge in [0.15, 0.2) is 0 Å². The molecule has 0 unspecified atom stereocenters. The molecular formula is C26H22N2O10S2. The van der Waals surface area contributed by atoms with Gasteiger partial charge in [-0.05, 0) is 35.4 Å². The first-order chi connectivity index (χ1) is 18.9. The SMILES string of the molecule is C=Cc1ccc(S(=O)(=O)On2c(O)c3c(c2O)Cc2c(c(O)n(OS(=O)(=O)c4ccc(C=C)cc4)c2O)C3)cc1. The van der Waals surface area contributed by atoms with Crippen molar-refractivity contribution in [3.05, 3.63) is 95.1 Å². The molecule has 1 aliphatic rings. The summed E-state index contributed by atoms with van der Waals surface area (Å²) in [7, 11) is -8.99. The predicted octanol–water partition coefficient (Wildman–Crippen LogP) is 2.53. The molecule has 4 N–H and O–H groups in total. The number of hydrogen-bond acceptors (Lipinski definition) is 10. The molecule has 0 radical (unpaired) electrons. The van der Waals surface area contributed by atoms with E-state index in [0.717, 1.165) is 0 Å². The predicted molar refractivity (Wildman–Crippen MR) is 142 cm³/mol. The maximum absolute atomic E-state index is 12.8. The smallest absolute Gasteiger partial charge is 0.357 e. The molecule has 2 heterocycles. The van der Waals surface area contributed by atoms with Crippen molar-refractivity contribution in [2.45, 2.75) is 22.6 Å². The van der Waals surface area contributed by atoms with Crippen molar-refractivity contribution in [3.63, 3.8) is 0 Å². The van der Waals surface area contributed by atoms with Crippen molar-refractivity contribution in [1.29, 1.82) is 0 Å². The molecule has 0 bridgehead atoms. The van der Waals surface area contributed by atoms with E-state index in [1.807, 2.05) is 0 Å². The van der Waals surface area contributed by atoms with Crippen LogP contribution in [0.25, 0.3) is 12.2 Å². The Morgan fingerprint density at radius 2 is 0.850 bits per heavy atom. The van der Waals surface area contributed by atoms with Crippen molar-refractivity contribution in [2.75, 3.05) is 0 Å². The van der Waals surface area contributed by atoms with Crippen LogP contribution in [0.5, 0.6) is 23.5 Å². The lowest BCUT2D eigenvalue weighted by atomic mass is 9.90. The van der Waals surface area contributed by atoms with Crippen LogP contribution in [0.2, 0.25) is 0 Å². The summed E-state index contributed by atoms with van der Waals surface area (Å²) < 4.78 is 61.7. The summed E-state index contributed by atoms with van der Waals surface area (Å²) in [5, 5.41) is 42.9. The largest absolute Gasteiger partial charge is 0.492 e. The van der Waals surface area contributed by atoms with E-state index in [0.29, 0.717) is 20.6 Å². The van der Waals surface area contributed by atoms with Crippen LogP contribution in [0, 0.1) is 0 Å². The maximum Gasteiger partial charge on any atom is 0.357 e. The van der Waals surface area contributed by atoms with E-state index < -0.39 is 43.8 Å². The second kappa shape index (κ2) is 9.43. The average Bonchev–Trinajstić information content (AvgIpc) is 3.31. The number of hydrogen-bond donors (Lipinski definition) is 4. The molecule has 0 saturated carbocycles. The normalized spacial score (nSPS) is 12.8. The van der Waals surface area contributed by atoms with Crippen LogP contribution < -0.4 is 8.57 Å². The maximum atomic E-state index is 12.8. The molecule has 14 heteroatoms. The monoisotopic (exact) mass is 586 g/mol. The minimum absolute atomic E-state index is 0.0162. The molecule has 0 fully saturated rings. The van der Waals surface area contributed by atoms with Gasteiger partial charge in [-0.2, -0.15) is 16.8 Å². The highest BCUT2D eigenvalue weighted by atomic mass is 32.2. The summed E-state index contributed by atoms with van der Waals surface area (Å²) in [5.74, 6) is -3.09. The quantitative estimate of drug-likeness (QED) is 0.211. The van der Waals surface area contributed by atoms with Gasteiger partial charge >= 0.3 is 20.2 Å². The molecule has 0 spiro atoms. The number of aromatic nitrogens is 2. The summed E-state index contributed by atoms with van der Waals surface area (Å²) in [4.78, 5) is -0.511. The first-order valence-electron chi connectivity index (χ1n) is 11.5. The summed E-state index contributed by atoms with van der Waals surface area (Å²) in [5.41, 5.74) is 1.25. The molecule has 2 aromatic heterocycles. The van der Waals surface area contributed by atoms with Crippen molar-refractivity contribution < 1.29 is 45.8 Å². The van der Waals surface area contributed by atoms with Crippen LogP contribution in [0.3, 0.4) is 0 Å². The van der Waals surface area contributed by atoms with Gasteiger partial charge in [-0.15, -0.1) is 0 Å². The lowest BCUT2D eigenvalue weighted by Gasteiger charge is -2.11. The van der Waals surface area contributed by atoms with Crippen molar-refractivity contribution in [1.82, 2.24) is 9.46 Å². The zero-order valence-corrected chi connectivity index (χ0v) is 22.2. The van der Waals surface area contributed by atoms with Crippen molar-refractivity contribution in [2.24, 2.45) is 0 Å². The van der Waals surface area contributed by atoms with Crippen LogP contribution >= 0.6 is 0 Å². The van der Waals surface area contributed by atoms with Crippen molar-refractivity contribution in [3.8, 4) is 23.5 Å². The zero-order valence-electron chi connectivity index (χ0n) is 20.6. The molecule has 1 aliphatic carbocycles. The highest BCUT2D eigenvalue weighted by Gasteiger charge is 2.37. The van der Waals surface area contributed by atoms with E-state index in [4.69, 9.17) is 8.57 Å². The van der Waals surface area contributed by atoms with Crippen LogP contribution in [-0.2, 0) is 33.1 Å². The Labute approximate surface area is 228 Å². The van der Waals surface area contributed by atoms with Gasteiger partial charge in [-0.25, -0.2) is 0 Å². The Bertz CT molecular complexity index is 1690. The van der Waals surface area contributed by atoms with Crippen molar-refractivity contribution >= 4 is 32.4 Å². The first-order valence-corrected chi connectivity index (χ1v) is 14.3. The Balaban J connectivity index is 1.46. The molecule has 0 aliphatic heterocycles. The minimum atomic E-state index is -4.50. The highest BCUT2D eigenvalue weighted by molar-refractivity contribution is 7.87. The topological polar surface area (TPSA) is 178 Å². The van der Waals surface area contributed by atoms with Crippen LogP contribution in [0.1, 0.15) is 33.4 Å². The van der Waals surface area contributed by atoms with E-state index in [2.05, 4.69) is 13.2 Å². The zero-order chi connectivity index (χ0) is 29.0. The fourth-order valence-electron chi connectivity index (χ4n) is 4.29. The molecule has 0 atom stereocenters. The van der Waals surface area contributed by atoms with E-state index in [9.17, 15) is 37.3 Å². The summed E-state index contributed by atoms with van der Waals surface area (Å²) in [6.45, 7) is 7.18. The third kappa shape index (κ3) is 4.32. The standard InChI is InChI=1S/C26H22N2O10S2/c1-3-15-5-9-17(10-6-15)39(33,34)37-27-23(29)19-13-21-22(14-20(19)24(27)30)26(32)28(25(21)31)38-40(35,36)18-11-7-16(4-2)8-12-18/h3-12,29-32H,1-2,13-14H2. The summed E-state index contributed by atoms with van der Waals surface area (Å²) >= 11 is 0. The number of aromatic hydroxyl groups is 4. The lowest BCUT2D eigenvalue weighted by Crippen LogP contribution is -2.20. The van der Waals surface area contributed by atoms with Crippen LogP contribution in [-0.4, -0.2) is 46.7 Å². The summed E-state index contributed by atoms with van der Waals surface area (Å²) in [6.07, 6.45) is 2.36. The fraction of sp³-hybridized carbons (Fsp3) is 0.0769. The minimum Gasteiger partial charge on any atom is -0.492 e. The molecule has 2 aromatic carbocycles. The number of nitrogens with zero attached hydrogens (tertiary/aromatic N) is 2. The second-order valence-electron chi connectivity index (χ2n) is 8.75. The van der Waals surface area contributed by atoms with Gasteiger partial charge in [-0.1, -0.05) is 59.0 Å². The number of fused-ring (bicyclic) bond motifs is 2. The van der Waals surface area contributed by atoms with Gasteiger partial charge in [0, 0.05) is 35.1 Å². The Hall–Kier alpha value is -4.82. The Morgan fingerprint density at radius 3 is 1.10 bits per heavy atom. The molecule has 0 amide bonds. The van der Waals surface area contributed by atoms with E-state index in [-0.39, 0.29) is 44.9 Å². The Kier molecular flexibility index (Phi) is 6.31. The van der Waals surface area contributed by atoms with Gasteiger partial charge in [0.2, 0.25) is 23.5 Å². The van der Waals surface area contributed by atoms with Gasteiger partial charge < -0.3 is 20.4 Å². The third-order valence-electron chi connectivity index (χ3n) is 6.44. The molecule has 208 valence electrons. The molecule has 12 nitrogen and oxygen atoms in total. The van der Waals surface area contributed by atoms with Gasteiger partial charge in [0.05, 0.1) is 0 Å². The highest BCUT2D eigenvalue weighted by Crippen LogP contribution is 2.46. The molecule has 4 aromatic rings. The van der Waals surface area contributed by atoms with E-state index in [1.54, 1.807) is 0 Å². The first kappa shape index (κ1) is 26.8. The average molecular weight is 587 g/mol. The Morgan fingerprint density at radius 1 is 0.575 bits per heavy atom. The molecular weight excluding hydrogens is 564 g/mol. The van der Waals surface area contributed by atoms with Crippen LogP contribution in [0.4, 0.5) is 0 Å². The summed E-state index contributed by atoms with van der Waals surface area (Å²) in [6, 6.07) is 11.0. The molecule has 5 rings (SSSR count). The third-order valence-corrected chi connectivity index (χ3v) is 8.83. The molecule has 40 heavy (non-hydrogen) atoms.